The van der Waals surface area contributed by atoms with E-state index in [1.165, 1.54) is 0 Å². The SMILES string of the molecule is O=C(Nc1ccc(Cl)cc1)C1(F)CCCNC1. The van der Waals surface area contributed by atoms with Gasteiger partial charge in [0.2, 0.25) is 5.67 Å². The molecule has 1 saturated heterocycles. The summed E-state index contributed by atoms with van der Waals surface area (Å²) in [6, 6.07) is 6.61. The highest BCUT2D eigenvalue weighted by Gasteiger charge is 2.39. The molecule has 2 N–H and O–H groups in total. The lowest BCUT2D eigenvalue weighted by atomic mass is 9.95. The van der Waals surface area contributed by atoms with E-state index in [0.717, 1.165) is 6.54 Å². The molecule has 0 radical (unpaired) electrons. The average Bonchev–Trinajstić information content (AvgIpc) is 2.33. The Bertz CT molecular complexity index is 401. The van der Waals surface area contributed by atoms with Gasteiger partial charge in [-0.2, -0.15) is 0 Å². The van der Waals surface area contributed by atoms with E-state index in [1.54, 1.807) is 24.3 Å². The van der Waals surface area contributed by atoms with Crippen LogP contribution in [0, 0.1) is 0 Å². The lowest BCUT2D eigenvalue weighted by Gasteiger charge is -2.28. The minimum atomic E-state index is -1.81. The zero-order valence-electron chi connectivity index (χ0n) is 9.30. The van der Waals surface area contributed by atoms with Gasteiger partial charge in [0.25, 0.3) is 5.91 Å². The number of alkyl halides is 1. The summed E-state index contributed by atoms with van der Waals surface area (Å²) in [6.07, 6.45) is 0.934. The minimum absolute atomic E-state index is 0.0758. The first-order chi connectivity index (χ1) is 8.10. The van der Waals surface area contributed by atoms with E-state index in [1.807, 2.05) is 0 Å². The number of hydrogen-bond donors (Lipinski definition) is 2. The van der Waals surface area contributed by atoms with Gasteiger partial charge in [0.05, 0.1) is 0 Å². The third-order valence-electron chi connectivity index (χ3n) is 2.84. The fourth-order valence-corrected chi connectivity index (χ4v) is 1.96. The molecule has 1 fully saturated rings. The van der Waals surface area contributed by atoms with Gasteiger partial charge in [0, 0.05) is 17.3 Å². The molecule has 0 spiro atoms. The molecule has 1 aromatic rings. The van der Waals surface area contributed by atoms with E-state index < -0.39 is 11.6 Å². The quantitative estimate of drug-likeness (QED) is 0.853. The van der Waals surface area contributed by atoms with Gasteiger partial charge >= 0.3 is 0 Å². The molecule has 1 amide bonds. The maximum atomic E-state index is 14.2. The molecule has 0 aromatic heterocycles. The maximum absolute atomic E-state index is 14.2. The Hall–Kier alpha value is -1.13. The molecule has 1 aliphatic rings. The van der Waals surface area contributed by atoms with Gasteiger partial charge in [-0.25, -0.2) is 4.39 Å². The molecule has 0 bridgehead atoms. The molecule has 1 aliphatic heterocycles. The van der Waals surface area contributed by atoms with E-state index in [4.69, 9.17) is 11.6 Å². The monoisotopic (exact) mass is 256 g/mol. The van der Waals surface area contributed by atoms with Crippen LogP contribution in [-0.2, 0) is 4.79 Å². The normalized spacial score (nSPS) is 24.4. The largest absolute Gasteiger partial charge is 0.323 e. The number of halogens is 2. The van der Waals surface area contributed by atoms with Gasteiger partial charge in [-0.3, -0.25) is 4.79 Å². The van der Waals surface area contributed by atoms with E-state index >= 15 is 0 Å². The van der Waals surface area contributed by atoms with E-state index in [-0.39, 0.29) is 13.0 Å². The van der Waals surface area contributed by atoms with Crippen LogP contribution >= 0.6 is 11.6 Å². The topological polar surface area (TPSA) is 41.1 Å². The molecule has 1 atom stereocenters. The van der Waals surface area contributed by atoms with Crippen LogP contribution in [0.2, 0.25) is 5.02 Å². The number of rotatable bonds is 2. The Morgan fingerprint density at radius 1 is 1.41 bits per heavy atom. The Balaban J connectivity index is 2.03. The molecule has 1 aromatic carbocycles. The number of anilines is 1. The first-order valence-electron chi connectivity index (χ1n) is 5.57. The second-order valence-electron chi connectivity index (χ2n) is 4.21. The van der Waals surface area contributed by atoms with Crippen LogP contribution in [0.25, 0.3) is 0 Å². The van der Waals surface area contributed by atoms with Gasteiger partial charge in [-0.15, -0.1) is 0 Å². The standard InChI is InChI=1S/C12H14ClFN2O/c13-9-2-4-10(5-3-9)16-11(17)12(14)6-1-7-15-8-12/h2-5,15H,1,6-8H2,(H,16,17). The highest BCUT2D eigenvalue weighted by Crippen LogP contribution is 2.23. The molecule has 5 heteroatoms. The number of amides is 1. The fraction of sp³-hybridized carbons (Fsp3) is 0.417. The van der Waals surface area contributed by atoms with Gasteiger partial charge in [-0.1, -0.05) is 11.6 Å². The van der Waals surface area contributed by atoms with Crippen LogP contribution < -0.4 is 10.6 Å². The van der Waals surface area contributed by atoms with Crippen LogP contribution in [-0.4, -0.2) is 24.7 Å². The number of nitrogens with one attached hydrogen (secondary N) is 2. The summed E-state index contributed by atoms with van der Waals surface area (Å²) in [7, 11) is 0. The molecule has 1 heterocycles. The van der Waals surface area contributed by atoms with Crippen molar-refractivity contribution in [1.82, 2.24) is 5.32 Å². The zero-order valence-corrected chi connectivity index (χ0v) is 10.1. The number of piperidine rings is 1. The van der Waals surface area contributed by atoms with Crippen LogP contribution in [0.1, 0.15) is 12.8 Å². The van der Waals surface area contributed by atoms with Crippen molar-refractivity contribution in [3.63, 3.8) is 0 Å². The minimum Gasteiger partial charge on any atom is -0.323 e. The van der Waals surface area contributed by atoms with Crippen molar-refractivity contribution >= 4 is 23.2 Å². The first-order valence-corrected chi connectivity index (χ1v) is 5.95. The highest BCUT2D eigenvalue weighted by atomic mass is 35.5. The van der Waals surface area contributed by atoms with Crippen molar-refractivity contribution in [1.29, 1.82) is 0 Å². The van der Waals surface area contributed by atoms with Crippen molar-refractivity contribution in [3.8, 4) is 0 Å². The number of carbonyl (C=O) groups excluding carboxylic acids is 1. The summed E-state index contributed by atoms with van der Waals surface area (Å²) >= 11 is 5.73. The fourth-order valence-electron chi connectivity index (χ4n) is 1.84. The van der Waals surface area contributed by atoms with Crippen LogP contribution in [0.15, 0.2) is 24.3 Å². The lowest BCUT2D eigenvalue weighted by Crippen LogP contribution is -2.50. The van der Waals surface area contributed by atoms with Crippen LogP contribution in [0.4, 0.5) is 10.1 Å². The van der Waals surface area contributed by atoms with Crippen molar-refractivity contribution in [2.24, 2.45) is 0 Å². The van der Waals surface area contributed by atoms with Crippen molar-refractivity contribution in [2.75, 3.05) is 18.4 Å². The number of benzene rings is 1. The number of carbonyl (C=O) groups is 1. The Kier molecular flexibility index (Phi) is 3.64. The Morgan fingerprint density at radius 3 is 2.71 bits per heavy atom. The lowest BCUT2D eigenvalue weighted by molar-refractivity contribution is -0.128. The van der Waals surface area contributed by atoms with Crippen molar-refractivity contribution < 1.29 is 9.18 Å². The molecule has 0 aliphatic carbocycles. The second kappa shape index (κ2) is 5.02. The predicted molar refractivity (Wildman–Crippen MR) is 66.0 cm³/mol. The van der Waals surface area contributed by atoms with E-state index in [2.05, 4.69) is 10.6 Å². The zero-order chi connectivity index (χ0) is 12.3. The van der Waals surface area contributed by atoms with Crippen molar-refractivity contribution in [2.45, 2.75) is 18.5 Å². The third kappa shape index (κ3) is 2.96. The summed E-state index contributed by atoms with van der Waals surface area (Å²) in [5.41, 5.74) is -1.25. The summed E-state index contributed by atoms with van der Waals surface area (Å²) in [6.45, 7) is 0.840. The predicted octanol–water partition coefficient (Wildman–Crippen LogP) is 2.37. The molecule has 0 saturated carbocycles. The third-order valence-corrected chi connectivity index (χ3v) is 3.09. The Morgan fingerprint density at radius 2 is 2.12 bits per heavy atom. The van der Waals surface area contributed by atoms with Crippen LogP contribution in [0.5, 0.6) is 0 Å². The number of hydrogen-bond acceptors (Lipinski definition) is 2. The molecule has 3 nitrogen and oxygen atoms in total. The Labute approximate surface area is 104 Å². The summed E-state index contributed by atoms with van der Waals surface area (Å²) in [4.78, 5) is 11.8. The molecule has 92 valence electrons. The first kappa shape index (κ1) is 12.3. The van der Waals surface area contributed by atoms with Crippen LogP contribution in [0.3, 0.4) is 0 Å². The molecule has 2 rings (SSSR count). The van der Waals surface area contributed by atoms with Gasteiger partial charge < -0.3 is 10.6 Å². The van der Waals surface area contributed by atoms with Crippen molar-refractivity contribution in [3.05, 3.63) is 29.3 Å². The summed E-state index contributed by atoms with van der Waals surface area (Å²) < 4.78 is 14.2. The van der Waals surface area contributed by atoms with Gasteiger partial charge in [-0.05, 0) is 43.7 Å². The molecule has 17 heavy (non-hydrogen) atoms. The highest BCUT2D eigenvalue weighted by molar-refractivity contribution is 6.30. The average molecular weight is 257 g/mol. The molecule has 1 unspecified atom stereocenters. The van der Waals surface area contributed by atoms with E-state index in [9.17, 15) is 9.18 Å². The summed E-state index contributed by atoms with van der Waals surface area (Å²) in [5.74, 6) is -0.591. The molecular weight excluding hydrogens is 243 g/mol. The van der Waals surface area contributed by atoms with Gasteiger partial charge in [0.15, 0.2) is 0 Å². The molecular formula is C12H14ClFN2O. The van der Waals surface area contributed by atoms with E-state index in [0.29, 0.717) is 17.1 Å². The summed E-state index contributed by atoms with van der Waals surface area (Å²) in [5, 5.41) is 6.04. The van der Waals surface area contributed by atoms with Gasteiger partial charge in [0.1, 0.15) is 0 Å². The maximum Gasteiger partial charge on any atom is 0.263 e. The second-order valence-corrected chi connectivity index (χ2v) is 4.64. The smallest absolute Gasteiger partial charge is 0.263 e.